The molecular formula is C31H40N4O4S. The first-order valence-electron chi connectivity index (χ1n) is 13.6. The Morgan fingerprint density at radius 1 is 1.02 bits per heavy atom. The highest BCUT2D eigenvalue weighted by atomic mass is 32.2. The molecule has 1 N–H and O–H groups in total. The van der Waals surface area contributed by atoms with Gasteiger partial charge in [-0.2, -0.15) is 5.26 Å². The van der Waals surface area contributed by atoms with Gasteiger partial charge in [-0.15, -0.1) is 0 Å². The molecule has 0 saturated carbocycles. The summed E-state index contributed by atoms with van der Waals surface area (Å²) in [5.41, 5.74) is 0.979. The van der Waals surface area contributed by atoms with E-state index in [0.717, 1.165) is 42.5 Å². The van der Waals surface area contributed by atoms with E-state index in [2.05, 4.69) is 51.9 Å². The standard InChI is InChI=1S/C31H40N4O4S/c1-30(2,3)38-18-13-31(4,5)33-40(36,37)28(22-32)21-27-11-12-29(39-27)25-8-7-24-20-26(10-9-23(24)19-25)35-16-14-34(6)15-17-35/h7-12,19-21,33H,13-18H2,1-6H3/b28-21+. The van der Waals surface area contributed by atoms with E-state index in [1.165, 1.54) is 11.8 Å². The molecule has 0 spiro atoms. The van der Waals surface area contributed by atoms with E-state index in [1.54, 1.807) is 26.0 Å². The Hall–Kier alpha value is -3.16. The fourth-order valence-electron chi connectivity index (χ4n) is 4.61. The van der Waals surface area contributed by atoms with E-state index in [1.807, 2.05) is 32.9 Å². The number of sulfonamides is 1. The number of nitrogens with one attached hydrogen (secondary N) is 1. The molecule has 4 rings (SSSR count). The predicted octanol–water partition coefficient (Wildman–Crippen LogP) is 5.62. The number of likely N-dealkylation sites (N-methyl/N-ethyl adjacent to an activating group) is 1. The first kappa shape index (κ1) is 29.8. The van der Waals surface area contributed by atoms with Crippen molar-refractivity contribution < 1.29 is 17.6 Å². The second kappa shape index (κ2) is 11.8. The van der Waals surface area contributed by atoms with Crippen LogP contribution in [0.15, 0.2) is 57.9 Å². The smallest absolute Gasteiger partial charge is 0.251 e. The van der Waals surface area contributed by atoms with Gasteiger partial charge in [-0.25, -0.2) is 13.1 Å². The number of ether oxygens (including phenoxy) is 1. The van der Waals surface area contributed by atoms with E-state index in [-0.39, 0.29) is 11.4 Å². The molecule has 214 valence electrons. The van der Waals surface area contributed by atoms with E-state index in [9.17, 15) is 13.7 Å². The summed E-state index contributed by atoms with van der Waals surface area (Å²) in [6.45, 7) is 13.9. The van der Waals surface area contributed by atoms with Crippen molar-refractivity contribution in [3.63, 3.8) is 0 Å². The number of benzene rings is 2. The van der Waals surface area contributed by atoms with Crippen molar-refractivity contribution in [3.05, 3.63) is 59.2 Å². The number of rotatable bonds is 9. The third-order valence-corrected chi connectivity index (χ3v) is 8.56. The molecule has 0 radical (unpaired) electrons. The predicted molar refractivity (Wildman–Crippen MR) is 161 cm³/mol. The Morgan fingerprint density at radius 3 is 2.38 bits per heavy atom. The van der Waals surface area contributed by atoms with Gasteiger partial charge in [-0.3, -0.25) is 0 Å². The first-order chi connectivity index (χ1) is 18.7. The number of hydrogen-bond donors (Lipinski definition) is 1. The lowest BCUT2D eigenvalue weighted by Crippen LogP contribution is -2.44. The van der Waals surface area contributed by atoms with Crippen LogP contribution in [0.2, 0.25) is 0 Å². The van der Waals surface area contributed by atoms with Gasteiger partial charge in [-0.1, -0.05) is 18.2 Å². The van der Waals surface area contributed by atoms with Crippen LogP contribution in [-0.2, 0) is 14.8 Å². The fraction of sp³-hybridized carbons (Fsp3) is 0.452. The lowest BCUT2D eigenvalue weighted by atomic mass is 10.0. The Balaban J connectivity index is 1.48. The Morgan fingerprint density at radius 2 is 1.70 bits per heavy atom. The Kier molecular flexibility index (Phi) is 8.76. The van der Waals surface area contributed by atoms with Crippen LogP contribution in [-0.4, -0.2) is 64.3 Å². The maximum atomic E-state index is 13.0. The number of nitriles is 1. The van der Waals surface area contributed by atoms with Crippen LogP contribution in [0.3, 0.4) is 0 Å². The maximum absolute atomic E-state index is 13.0. The van der Waals surface area contributed by atoms with Gasteiger partial charge in [0.15, 0.2) is 4.91 Å². The lowest BCUT2D eigenvalue weighted by Gasteiger charge is -2.34. The second-order valence-corrected chi connectivity index (χ2v) is 13.7. The van der Waals surface area contributed by atoms with Crippen molar-refractivity contribution in [2.45, 2.75) is 52.2 Å². The minimum absolute atomic E-state index is 0.288. The topological polar surface area (TPSA) is 98.8 Å². The monoisotopic (exact) mass is 564 g/mol. The molecule has 0 amide bonds. The molecular weight excluding hydrogens is 524 g/mol. The van der Waals surface area contributed by atoms with Gasteiger partial charge < -0.3 is 19.0 Å². The molecule has 2 heterocycles. The molecule has 2 aromatic carbocycles. The molecule has 1 aliphatic rings. The highest BCUT2D eigenvalue weighted by Crippen LogP contribution is 2.30. The molecule has 0 unspecified atom stereocenters. The molecule has 1 aromatic heterocycles. The van der Waals surface area contributed by atoms with Gasteiger partial charge in [0.1, 0.15) is 17.6 Å². The van der Waals surface area contributed by atoms with Crippen molar-refractivity contribution in [1.29, 1.82) is 5.26 Å². The minimum atomic E-state index is -4.07. The summed E-state index contributed by atoms with van der Waals surface area (Å²) >= 11 is 0. The molecule has 9 heteroatoms. The van der Waals surface area contributed by atoms with Gasteiger partial charge >= 0.3 is 0 Å². The number of hydrogen-bond acceptors (Lipinski definition) is 7. The van der Waals surface area contributed by atoms with Crippen LogP contribution in [0.4, 0.5) is 5.69 Å². The zero-order valence-corrected chi connectivity index (χ0v) is 25.1. The van der Waals surface area contributed by atoms with Gasteiger partial charge in [0.25, 0.3) is 10.0 Å². The third kappa shape index (κ3) is 7.73. The molecule has 8 nitrogen and oxygen atoms in total. The summed E-state index contributed by atoms with van der Waals surface area (Å²) in [4.78, 5) is 4.34. The number of furan rings is 1. The zero-order chi connectivity index (χ0) is 29.1. The highest BCUT2D eigenvalue weighted by molar-refractivity contribution is 7.93. The van der Waals surface area contributed by atoms with Crippen molar-refractivity contribution in [2.24, 2.45) is 0 Å². The number of piperazine rings is 1. The molecule has 0 atom stereocenters. The van der Waals surface area contributed by atoms with Crippen molar-refractivity contribution in [3.8, 4) is 17.4 Å². The van der Waals surface area contributed by atoms with Crippen LogP contribution in [0.5, 0.6) is 0 Å². The number of allylic oxidation sites excluding steroid dienone is 1. The van der Waals surface area contributed by atoms with Crippen LogP contribution in [0, 0.1) is 11.3 Å². The SMILES string of the molecule is CN1CCN(c2ccc3cc(-c4ccc(/C=C(\C#N)S(=O)(=O)NC(C)(C)CCOC(C)(C)C)o4)ccc3c2)CC1. The first-order valence-corrected chi connectivity index (χ1v) is 15.1. The largest absolute Gasteiger partial charge is 0.457 e. The summed E-state index contributed by atoms with van der Waals surface area (Å²) in [6, 6.07) is 17.9. The zero-order valence-electron chi connectivity index (χ0n) is 24.3. The van der Waals surface area contributed by atoms with Gasteiger partial charge in [0.05, 0.1) is 5.60 Å². The van der Waals surface area contributed by atoms with E-state index >= 15 is 0 Å². The van der Waals surface area contributed by atoms with Gasteiger partial charge in [0, 0.05) is 55.7 Å². The maximum Gasteiger partial charge on any atom is 0.251 e. The Bertz CT molecular complexity index is 1520. The second-order valence-electron chi connectivity index (χ2n) is 12.1. The van der Waals surface area contributed by atoms with E-state index in [0.29, 0.717) is 18.8 Å². The van der Waals surface area contributed by atoms with Crippen LogP contribution in [0.25, 0.3) is 28.2 Å². The quantitative estimate of drug-likeness (QED) is 0.337. The van der Waals surface area contributed by atoms with Crippen LogP contribution < -0.4 is 9.62 Å². The molecule has 1 aliphatic heterocycles. The number of fused-ring (bicyclic) bond motifs is 1. The van der Waals surface area contributed by atoms with Crippen molar-refractivity contribution >= 4 is 32.6 Å². The molecule has 40 heavy (non-hydrogen) atoms. The van der Waals surface area contributed by atoms with E-state index < -0.39 is 20.5 Å². The number of anilines is 1. The minimum Gasteiger partial charge on any atom is -0.457 e. The summed E-state index contributed by atoms with van der Waals surface area (Å²) in [5, 5.41) is 11.9. The van der Waals surface area contributed by atoms with E-state index in [4.69, 9.17) is 9.15 Å². The lowest BCUT2D eigenvalue weighted by molar-refractivity contribution is -0.0102. The molecule has 0 bridgehead atoms. The average Bonchev–Trinajstić information content (AvgIpc) is 3.34. The molecule has 1 saturated heterocycles. The van der Waals surface area contributed by atoms with Crippen LogP contribution in [0.1, 0.15) is 46.8 Å². The van der Waals surface area contributed by atoms with Crippen LogP contribution >= 0.6 is 0 Å². The van der Waals surface area contributed by atoms with Gasteiger partial charge in [0.2, 0.25) is 0 Å². The summed E-state index contributed by atoms with van der Waals surface area (Å²) in [7, 11) is -1.92. The average molecular weight is 565 g/mol. The summed E-state index contributed by atoms with van der Waals surface area (Å²) < 4.78 is 40.4. The molecule has 0 aliphatic carbocycles. The third-order valence-electron chi connectivity index (χ3n) is 6.95. The summed E-state index contributed by atoms with van der Waals surface area (Å²) in [5.74, 6) is 0.884. The highest BCUT2D eigenvalue weighted by Gasteiger charge is 2.29. The summed E-state index contributed by atoms with van der Waals surface area (Å²) in [6.07, 6.45) is 1.71. The van der Waals surface area contributed by atoms with Crippen molar-refractivity contribution in [1.82, 2.24) is 9.62 Å². The van der Waals surface area contributed by atoms with Crippen molar-refractivity contribution in [2.75, 3.05) is 44.7 Å². The fourth-order valence-corrected chi connectivity index (χ4v) is 5.95. The normalized spacial score (nSPS) is 15.9. The molecule has 1 fully saturated rings. The van der Waals surface area contributed by atoms with Gasteiger partial charge in [-0.05, 0) is 89.2 Å². The Labute approximate surface area is 238 Å². The molecule has 3 aromatic rings. The number of nitrogens with zero attached hydrogens (tertiary/aromatic N) is 3.